The van der Waals surface area contributed by atoms with Crippen LogP contribution in [0.3, 0.4) is 0 Å². The average Bonchev–Trinajstić information content (AvgIpc) is 2.04. The smallest absolute Gasteiger partial charge is 0.232 e. The van der Waals surface area contributed by atoms with Crippen LogP contribution < -0.4 is 0 Å². The van der Waals surface area contributed by atoms with E-state index in [9.17, 15) is 0 Å². The number of alkyl halides is 3. The van der Waals surface area contributed by atoms with Gasteiger partial charge < -0.3 is 5.21 Å². The first-order valence-electron chi connectivity index (χ1n) is 3.24. The molecule has 0 aliphatic rings. The zero-order valence-electron chi connectivity index (χ0n) is 6.28. The van der Waals surface area contributed by atoms with Crippen molar-refractivity contribution in [3.05, 3.63) is 29.6 Å². The summed E-state index contributed by atoms with van der Waals surface area (Å²) in [6, 6.07) is 3.15. The van der Waals surface area contributed by atoms with Crippen molar-refractivity contribution in [2.24, 2.45) is 5.16 Å². The second-order valence-electron chi connectivity index (χ2n) is 2.22. The Morgan fingerprint density at radius 2 is 2.15 bits per heavy atom. The number of rotatable bonds is 1. The SMILES string of the molecule is ON=Cc1ccnc(C(Cl)(Cl)Cl)c1. The number of nitrogens with zero attached hydrogens (tertiary/aromatic N) is 2. The number of hydrogen-bond donors (Lipinski definition) is 1. The largest absolute Gasteiger partial charge is 0.411 e. The quantitative estimate of drug-likeness (QED) is 0.354. The zero-order chi connectivity index (χ0) is 9.90. The lowest BCUT2D eigenvalue weighted by Crippen LogP contribution is -2.03. The topological polar surface area (TPSA) is 45.5 Å². The molecule has 0 aliphatic heterocycles. The van der Waals surface area contributed by atoms with Gasteiger partial charge in [-0.1, -0.05) is 40.0 Å². The lowest BCUT2D eigenvalue weighted by atomic mass is 10.2. The second-order valence-corrected chi connectivity index (χ2v) is 4.50. The first kappa shape index (κ1) is 10.6. The van der Waals surface area contributed by atoms with Gasteiger partial charge in [-0.3, -0.25) is 4.98 Å². The third kappa shape index (κ3) is 3.03. The third-order valence-corrected chi connectivity index (χ3v) is 1.86. The van der Waals surface area contributed by atoms with Gasteiger partial charge in [0.1, 0.15) is 0 Å². The van der Waals surface area contributed by atoms with Crippen molar-refractivity contribution in [3.8, 4) is 0 Å². The Bertz CT molecular complexity index is 322. The Labute approximate surface area is 89.9 Å². The van der Waals surface area contributed by atoms with Crippen molar-refractivity contribution < 1.29 is 5.21 Å². The summed E-state index contributed by atoms with van der Waals surface area (Å²) in [6.45, 7) is 0. The second kappa shape index (κ2) is 4.13. The molecule has 0 aliphatic carbocycles. The molecular weight excluding hydrogens is 234 g/mol. The van der Waals surface area contributed by atoms with E-state index in [2.05, 4.69) is 10.1 Å². The van der Waals surface area contributed by atoms with Crippen molar-refractivity contribution in [2.45, 2.75) is 3.79 Å². The molecule has 13 heavy (non-hydrogen) atoms. The Hall–Kier alpha value is -0.510. The highest BCUT2D eigenvalue weighted by Crippen LogP contribution is 2.36. The van der Waals surface area contributed by atoms with Gasteiger partial charge in [0.25, 0.3) is 0 Å². The summed E-state index contributed by atoms with van der Waals surface area (Å²) in [5.41, 5.74) is 0.897. The van der Waals surface area contributed by atoms with Gasteiger partial charge in [-0.15, -0.1) is 0 Å². The maximum Gasteiger partial charge on any atom is 0.232 e. The van der Waals surface area contributed by atoms with Crippen LogP contribution in [0.5, 0.6) is 0 Å². The number of pyridine rings is 1. The van der Waals surface area contributed by atoms with Gasteiger partial charge in [0.2, 0.25) is 3.79 Å². The molecule has 1 N–H and O–H groups in total. The highest BCUT2D eigenvalue weighted by molar-refractivity contribution is 6.66. The normalized spacial score (nSPS) is 12.2. The van der Waals surface area contributed by atoms with E-state index < -0.39 is 3.79 Å². The Morgan fingerprint density at radius 3 is 2.69 bits per heavy atom. The van der Waals surface area contributed by atoms with Gasteiger partial charge in [0, 0.05) is 6.20 Å². The molecule has 1 rings (SSSR count). The molecule has 0 amide bonds. The van der Waals surface area contributed by atoms with Crippen LogP contribution >= 0.6 is 34.8 Å². The van der Waals surface area contributed by atoms with Crippen LogP contribution in [0, 0.1) is 0 Å². The summed E-state index contributed by atoms with van der Waals surface area (Å²) in [4.78, 5) is 3.85. The Morgan fingerprint density at radius 1 is 1.46 bits per heavy atom. The fourth-order valence-corrected chi connectivity index (χ4v) is 1.06. The number of oxime groups is 1. The molecule has 0 aromatic carbocycles. The number of aromatic nitrogens is 1. The summed E-state index contributed by atoms with van der Waals surface area (Å²) < 4.78 is -1.56. The van der Waals surface area contributed by atoms with E-state index in [4.69, 9.17) is 40.0 Å². The lowest BCUT2D eigenvalue weighted by molar-refractivity contribution is 0.322. The monoisotopic (exact) mass is 238 g/mol. The van der Waals surface area contributed by atoms with Crippen LogP contribution in [-0.4, -0.2) is 16.4 Å². The molecule has 0 saturated carbocycles. The van der Waals surface area contributed by atoms with Gasteiger partial charge in [-0.2, -0.15) is 0 Å². The zero-order valence-corrected chi connectivity index (χ0v) is 8.55. The molecule has 0 bridgehead atoms. The van der Waals surface area contributed by atoms with Crippen LogP contribution in [0.15, 0.2) is 23.5 Å². The molecule has 3 nitrogen and oxygen atoms in total. The van der Waals surface area contributed by atoms with Crippen LogP contribution in [0.2, 0.25) is 0 Å². The van der Waals surface area contributed by atoms with Crippen LogP contribution in [0.4, 0.5) is 0 Å². The molecule has 0 fully saturated rings. The Kier molecular flexibility index (Phi) is 3.36. The van der Waals surface area contributed by atoms with Gasteiger partial charge >= 0.3 is 0 Å². The minimum atomic E-state index is -1.56. The number of halogens is 3. The molecule has 1 heterocycles. The predicted octanol–water partition coefficient (Wildman–Crippen LogP) is 2.72. The molecule has 1 aromatic heterocycles. The molecule has 1 aromatic rings. The highest BCUT2D eigenvalue weighted by Gasteiger charge is 2.24. The molecule has 0 saturated heterocycles. The van der Waals surface area contributed by atoms with E-state index >= 15 is 0 Å². The van der Waals surface area contributed by atoms with Crippen molar-refractivity contribution in [2.75, 3.05) is 0 Å². The summed E-state index contributed by atoms with van der Waals surface area (Å²) in [5, 5.41) is 11.1. The maximum atomic E-state index is 8.26. The molecule has 6 heteroatoms. The van der Waals surface area contributed by atoms with Gasteiger partial charge in [-0.25, -0.2) is 0 Å². The maximum absolute atomic E-state index is 8.26. The van der Waals surface area contributed by atoms with Gasteiger partial charge in [-0.05, 0) is 17.7 Å². The predicted molar refractivity (Wildman–Crippen MR) is 52.9 cm³/mol. The fraction of sp³-hybridized carbons (Fsp3) is 0.143. The van der Waals surface area contributed by atoms with E-state index in [0.29, 0.717) is 5.56 Å². The minimum Gasteiger partial charge on any atom is -0.411 e. The van der Waals surface area contributed by atoms with Crippen LogP contribution in [0.1, 0.15) is 11.3 Å². The molecule has 0 atom stereocenters. The van der Waals surface area contributed by atoms with E-state index in [0.717, 1.165) is 0 Å². The van der Waals surface area contributed by atoms with E-state index in [1.807, 2.05) is 0 Å². The average molecular weight is 239 g/mol. The summed E-state index contributed by atoms with van der Waals surface area (Å²) in [6.07, 6.45) is 2.69. The van der Waals surface area contributed by atoms with Gasteiger partial charge in [0.15, 0.2) is 0 Å². The van der Waals surface area contributed by atoms with Crippen molar-refractivity contribution in [1.29, 1.82) is 0 Å². The third-order valence-electron chi connectivity index (χ3n) is 1.28. The summed E-state index contributed by atoms with van der Waals surface area (Å²) in [7, 11) is 0. The van der Waals surface area contributed by atoms with Crippen molar-refractivity contribution in [1.82, 2.24) is 4.98 Å². The van der Waals surface area contributed by atoms with E-state index in [1.165, 1.54) is 18.5 Å². The minimum absolute atomic E-state index is 0.287. The molecule has 70 valence electrons. The lowest BCUT2D eigenvalue weighted by Gasteiger charge is -2.09. The van der Waals surface area contributed by atoms with Crippen LogP contribution in [-0.2, 0) is 3.79 Å². The van der Waals surface area contributed by atoms with Crippen molar-refractivity contribution in [3.63, 3.8) is 0 Å². The first-order chi connectivity index (χ1) is 6.04. The van der Waals surface area contributed by atoms with E-state index in [1.54, 1.807) is 6.07 Å². The summed E-state index contributed by atoms with van der Waals surface area (Å²) in [5.74, 6) is 0. The van der Waals surface area contributed by atoms with Crippen molar-refractivity contribution >= 4 is 41.0 Å². The molecular formula is C7H5Cl3N2O. The molecule has 0 unspecified atom stereocenters. The molecule has 0 radical (unpaired) electrons. The fourth-order valence-electron chi connectivity index (χ4n) is 0.749. The first-order valence-corrected chi connectivity index (χ1v) is 4.38. The van der Waals surface area contributed by atoms with Gasteiger partial charge in [0.05, 0.1) is 11.9 Å². The summed E-state index contributed by atoms with van der Waals surface area (Å²) >= 11 is 16.8. The highest BCUT2D eigenvalue weighted by atomic mass is 35.6. The standard InChI is InChI=1S/C7H5Cl3N2O/c8-7(9,10)6-3-5(4-12-13)1-2-11-6/h1-4,13H. The van der Waals surface area contributed by atoms with E-state index in [-0.39, 0.29) is 5.69 Å². The number of hydrogen-bond acceptors (Lipinski definition) is 3. The Balaban J connectivity index is 3.05. The van der Waals surface area contributed by atoms with Crippen LogP contribution in [0.25, 0.3) is 0 Å². The molecule has 0 spiro atoms.